The van der Waals surface area contributed by atoms with E-state index in [9.17, 15) is 22.4 Å². The van der Waals surface area contributed by atoms with Crippen molar-refractivity contribution in [3.8, 4) is 11.4 Å². The van der Waals surface area contributed by atoms with E-state index in [4.69, 9.17) is 0 Å². The Kier molecular flexibility index (Phi) is 5.67. The van der Waals surface area contributed by atoms with Crippen LogP contribution in [0, 0.1) is 5.82 Å². The van der Waals surface area contributed by atoms with Crippen LogP contribution in [0.1, 0.15) is 22.7 Å². The van der Waals surface area contributed by atoms with Gasteiger partial charge in [0.15, 0.2) is 0 Å². The minimum Gasteiger partial charge on any atom is -0.399 e. The van der Waals surface area contributed by atoms with Crippen molar-refractivity contribution in [1.82, 2.24) is 15.5 Å². The molecule has 1 amide bonds. The maximum absolute atomic E-state index is 14.0. The van der Waals surface area contributed by atoms with Crippen LogP contribution in [0.5, 0.6) is 0 Å². The molecular weight excluding hydrogens is 348 g/mol. The van der Waals surface area contributed by atoms with Gasteiger partial charge in [0.1, 0.15) is 12.9 Å². The number of hydrogen-bond donors (Lipinski definition) is 1. The number of oxime groups is 1. The third kappa shape index (κ3) is 4.75. The van der Waals surface area contributed by atoms with E-state index < -0.39 is 29.6 Å². The Hall–Kier alpha value is -2.98. The monoisotopic (exact) mass is 360 g/mol. The van der Waals surface area contributed by atoms with Crippen LogP contribution in [-0.4, -0.2) is 35.9 Å². The molecule has 0 bridgehead atoms. The molecule has 0 saturated heterocycles. The average molecular weight is 360 g/mol. The first-order valence-corrected chi connectivity index (χ1v) is 6.87. The second-order valence-electron chi connectivity index (χ2n) is 4.63. The molecule has 1 heterocycles. The summed E-state index contributed by atoms with van der Waals surface area (Å²) in [6.07, 6.45) is -2.99. The van der Waals surface area contributed by atoms with Gasteiger partial charge >= 0.3 is 12.1 Å². The van der Waals surface area contributed by atoms with Gasteiger partial charge in [-0.1, -0.05) is 16.4 Å². The smallest absolute Gasteiger partial charge is 0.399 e. The first-order valence-electron chi connectivity index (χ1n) is 6.87. The third-order valence-corrected chi connectivity index (χ3v) is 2.88. The van der Waals surface area contributed by atoms with Crippen molar-refractivity contribution in [3.63, 3.8) is 0 Å². The van der Waals surface area contributed by atoms with Gasteiger partial charge in [-0.15, -0.1) is 0 Å². The van der Waals surface area contributed by atoms with Crippen molar-refractivity contribution in [1.29, 1.82) is 0 Å². The summed E-state index contributed by atoms with van der Waals surface area (Å²) in [5.74, 6) is -3.59. The van der Waals surface area contributed by atoms with E-state index in [2.05, 4.69) is 30.0 Å². The zero-order valence-corrected chi connectivity index (χ0v) is 12.8. The van der Waals surface area contributed by atoms with E-state index in [1.54, 1.807) is 0 Å². The fraction of sp³-hybridized carbons (Fsp3) is 0.286. The molecule has 0 aliphatic rings. The summed E-state index contributed by atoms with van der Waals surface area (Å²) in [5, 5.41) is 9.07. The van der Waals surface area contributed by atoms with Crippen LogP contribution in [0.3, 0.4) is 0 Å². The summed E-state index contributed by atoms with van der Waals surface area (Å²) >= 11 is 0. The van der Waals surface area contributed by atoms with Gasteiger partial charge in [0.2, 0.25) is 5.82 Å². The van der Waals surface area contributed by atoms with E-state index in [1.807, 2.05) is 0 Å². The standard InChI is InChI=1S/C14H12F4N4O3/c1-24-20-6-2-5-19-12(23)9-4-3-8(7-10(9)15)11-21-13(25-22-11)14(16,17)18/h3-4,6-7H,2,5H2,1H3,(H,19,23)/b20-6+. The van der Waals surface area contributed by atoms with E-state index in [1.165, 1.54) is 19.4 Å². The molecule has 1 aromatic heterocycles. The van der Waals surface area contributed by atoms with Crippen LogP contribution < -0.4 is 5.32 Å². The highest BCUT2D eigenvalue weighted by atomic mass is 19.4. The molecule has 0 fully saturated rings. The summed E-state index contributed by atoms with van der Waals surface area (Å²) in [6.45, 7) is 0.201. The second kappa shape index (κ2) is 7.73. The average Bonchev–Trinajstić information content (AvgIpc) is 3.04. The normalized spacial score (nSPS) is 11.7. The van der Waals surface area contributed by atoms with Gasteiger partial charge in [-0.05, 0) is 12.1 Å². The minimum absolute atomic E-state index is 0.0551. The highest BCUT2D eigenvalue weighted by Crippen LogP contribution is 2.29. The van der Waals surface area contributed by atoms with Crippen LogP contribution in [0.25, 0.3) is 11.4 Å². The molecule has 7 nitrogen and oxygen atoms in total. The first kappa shape index (κ1) is 18.4. The lowest BCUT2D eigenvalue weighted by Gasteiger charge is -2.05. The van der Waals surface area contributed by atoms with Gasteiger partial charge in [0.05, 0.1) is 5.56 Å². The lowest BCUT2D eigenvalue weighted by molar-refractivity contribution is -0.159. The van der Waals surface area contributed by atoms with Gasteiger partial charge in [-0.25, -0.2) is 4.39 Å². The highest BCUT2D eigenvalue weighted by molar-refractivity contribution is 5.95. The molecule has 0 spiro atoms. The van der Waals surface area contributed by atoms with Gasteiger partial charge in [0, 0.05) is 24.7 Å². The summed E-state index contributed by atoms with van der Waals surface area (Å²) in [7, 11) is 1.37. The number of benzene rings is 1. The largest absolute Gasteiger partial charge is 0.471 e. The number of nitrogens with zero attached hydrogens (tertiary/aromatic N) is 3. The Morgan fingerprint density at radius 3 is 2.80 bits per heavy atom. The topological polar surface area (TPSA) is 89.6 Å². The fourth-order valence-corrected chi connectivity index (χ4v) is 1.77. The van der Waals surface area contributed by atoms with E-state index in [0.717, 1.165) is 12.1 Å². The first-order chi connectivity index (χ1) is 11.8. The number of aromatic nitrogens is 2. The Morgan fingerprint density at radius 1 is 1.44 bits per heavy atom. The molecule has 0 aliphatic heterocycles. The maximum atomic E-state index is 14.0. The van der Waals surface area contributed by atoms with Crippen LogP contribution in [0.2, 0.25) is 0 Å². The predicted molar refractivity (Wildman–Crippen MR) is 77.1 cm³/mol. The summed E-state index contributed by atoms with van der Waals surface area (Å²) in [4.78, 5) is 19.4. The van der Waals surface area contributed by atoms with Crippen molar-refractivity contribution in [2.45, 2.75) is 12.6 Å². The van der Waals surface area contributed by atoms with Gasteiger partial charge < -0.3 is 14.7 Å². The zero-order chi connectivity index (χ0) is 18.4. The molecule has 11 heteroatoms. The molecule has 134 valence electrons. The number of halogens is 4. The van der Waals surface area contributed by atoms with Crippen LogP contribution in [0.15, 0.2) is 27.9 Å². The summed E-state index contributed by atoms with van der Waals surface area (Å²) in [6, 6.07) is 3.19. The Bertz CT molecular complexity index is 774. The summed E-state index contributed by atoms with van der Waals surface area (Å²) in [5.41, 5.74) is -0.326. The fourth-order valence-electron chi connectivity index (χ4n) is 1.77. The Labute approximate surface area is 138 Å². The predicted octanol–water partition coefficient (Wildman–Crippen LogP) is 2.65. The number of nitrogens with one attached hydrogen (secondary N) is 1. The second-order valence-corrected chi connectivity index (χ2v) is 4.63. The maximum Gasteiger partial charge on any atom is 0.471 e. The molecule has 25 heavy (non-hydrogen) atoms. The van der Waals surface area contributed by atoms with Gasteiger partial charge in [-0.3, -0.25) is 4.79 Å². The van der Waals surface area contributed by atoms with E-state index in [0.29, 0.717) is 6.42 Å². The molecular formula is C14H12F4N4O3. The lowest BCUT2D eigenvalue weighted by atomic mass is 10.1. The third-order valence-electron chi connectivity index (χ3n) is 2.88. The molecule has 0 unspecified atom stereocenters. The molecule has 0 saturated carbocycles. The molecule has 0 atom stereocenters. The number of hydrogen-bond acceptors (Lipinski definition) is 6. The Morgan fingerprint density at radius 2 is 2.20 bits per heavy atom. The van der Waals surface area contributed by atoms with Crippen molar-refractivity contribution < 1.29 is 31.7 Å². The van der Waals surface area contributed by atoms with Crippen molar-refractivity contribution >= 4 is 12.1 Å². The van der Waals surface area contributed by atoms with Crippen LogP contribution in [-0.2, 0) is 11.0 Å². The molecule has 1 N–H and O–H groups in total. The van der Waals surface area contributed by atoms with Crippen molar-refractivity contribution in [3.05, 3.63) is 35.5 Å². The summed E-state index contributed by atoms with van der Waals surface area (Å²) < 4.78 is 55.4. The van der Waals surface area contributed by atoms with E-state index >= 15 is 0 Å². The van der Waals surface area contributed by atoms with Gasteiger partial charge in [-0.2, -0.15) is 18.2 Å². The van der Waals surface area contributed by atoms with E-state index in [-0.39, 0.29) is 17.7 Å². The number of rotatable bonds is 6. The number of alkyl halides is 3. The van der Waals surface area contributed by atoms with Crippen molar-refractivity contribution in [2.75, 3.05) is 13.7 Å². The molecule has 1 aromatic carbocycles. The molecule has 2 rings (SSSR count). The molecule has 2 aromatic rings. The number of carbonyl (C=O) groups excluding carboxylic acids is 1. The number of amides is 1. The zero-order valence-electron chi connectivity index (χ0n) is 12.8. The SMILES string of the molecule is CO/N=C/CCNC(=O)c1ccc(-c2noc(C(F)(F)F)n2)cc1F. The van der Waals surface area contributed by atoms with Crippen LogP contribution in [0.4, 0.5) is 17.6 Å². The molecule has 0 aliphatic carbocycles. The Balaban J connectivity index is 2.08. The van der Waals surface area contributed by atoms with Crippen LogP contribution >= 0.6 is 0 Å². The van der Waals surface area contributed by atoms with Crippen molar-refractivity contribution in [2.24, 2.45) is 5.16 Å². The minimum atomic E-state index is -4.80. The molecule has 0 radical (unpaired) electrons. The highest BCUT2D eigenvalue weighted by Gasteiger charge is 2.38. The lowest BCUT2D eigenvalue weighted by Crippen LogP contribution is -2.25. The van der Waals surface area contributed by atoms with Gasteiger partial charge in [0.25, 0.3) is 5.91 Å². The number of carbonyl (C=O) groups is 1. The quantitative estimate of drug-likeness (QED) is 0.370.